The minimum Gasteiger partial charge on any atom is -0.481 e. The normalized spacial score (nSPS) is 17.3. The van der Waals surface area contributed by atoms with E-state index in [0.29, 0.717) is 11.1 Å². The first-order valence-corrected chi connectivity index (χ1v) is 11.2. The number of esters is 1. The molecule has 0 bridgehead atoms. The Morgan fingerprint density at radius 2 is 1.77 bits per heavy atom. The van der Waals surface area contributed by atoms with Crippen molar-refractivity contribution >= 4 is 17.8 Å². The van der Waals surface area contributed by atoms with E-state index in [1.165, 1.54) is 0 Å². The van der Waals surface area contributed by atoms with Gasteiger partial charge in [-0.05, 0) is 47.0 Å². The summed E-state index contributed by atoms with van der Waals surface area (Å²) in [6.45, 7) is 3.82. The molecule has 0 aliphatic carbocycles. The number of rotatable bonds is 7. The summed E-state index contributed by atoms with van der Waals surface area (Å²) < 4.78 is 6.83. The van der Waals surface area contributed by atoms with Crippen molar-refractivity contribution in [3.63, 3.8) is 0 Å². The number of cyclic esters (lactones) is 1. The summed E-state index contributed by atoms with van der Waals surface area (Å²) >= 11 is 0. The number of nitrogens with one attached hydrogen (secondary N) is 1. The molecular weight excluding hydrogens is 446 g/mol. The number of carboxylic acids is 1. The number of ether oxygens (including phenoxy) is 1. The van der Waals surface area contributed by atoms with Crippen molar-refractivity contribution in [2.24, 2.45) is 5.41 Å². The summed E-state index contributed by atoms with van der Waals surface area (Å²) in [6.07, 6.45) is 3.14. The molecule has 35 heavy (non-hydrogen) atoms. The maximum absolute atomic E-state index is 12.6. The molecule has 0 radical (unpaired) electrons. The number of carboxylic acid groups (broad SMARTS) is 1. The van der Waals surface area contributed by atoms with Crippen LogP contribution in [0.5, 0.6) is 0 Å². The van der Waals surface area contributed by atoms with Crippen LogP contribution in [0.15, 0.2) is 67.0 Å². The molecule has 0 saturated carbocycles. The zero-order chi connectivity index (χ0) is 25.2. The van der Waals surface area contributed by atoms with Gasteiger partial charge in [-0.25, -0.2) is 4.79 Å². The van der Waals surface area contributed by atoms with Crippen molar-refractivity contribution in [1.82, 2.24) is 9.88 Å². The van der Waals surface area contributed by atoms with Gasteiger partial charge in [-0.15, -0.1) is 0 Å². The average molecular weight is 472 g/mol. The summed E-state index contributed by atoms with van der Waals surface area (Å²) in [5.41, 5.74) is 3.32. The van der Waals surface area contributed by atoms with E-state index >= 15 is 0 Å². The molecule has 1 aromatic heterocycles. The summed E-state index contributed by atoms with van der Waals surface area (Å²) in [5.74, 6) is -3.21. The Balaban J connectivity index is 1.47. The molecule has 1 aliphatic heterocycles. The van der Waals surface area contributed by atoms with Gasteiger partial charge in [-0.3, -0.25) is 9.59 Å². The molecule has 3 aromatic rings. The van der Waals surface area contributed by atoms with Gasteiger partial charge in [0.25, 0.3) is 0 Å². The second-order valence-electron chi connectivity index (χ2n) is 9.28. The largest absolute Gasteiger partial charge is 0.481 e. The zero-order valence-electron chi connectivity index (χ0n) is 19.4. The first kappa shape index (κ1) is 23.8. The van der Waals surface area contributed by atoms with Gasteiger partial charge in [-0.2, -0.15) is 5.26 Å². The highest BCUT2D eigenvalue weighted by atomic mass is 16.5. The minimum atomic E-state index is -1.12. The van der Waals surface area contributed by atoms with Gasteiger partial charge in [0.1, 0.15) is 6.04 Å². The Bertz CT molecular complexity index is 1300. The fraction of sp³-hybridized carbons (Fsp3) is 0.259. The molecule has 1 amide bonds. The maximum atomic E-state index is 12.6. The Morgan fingerprint density at radius 1 is 1.14 bits per heavy atom. The molecule has 0 spiro atoms. The molecule has 8 heteroatoms. The number of nitrogens with zero attached hydrogens (tertiary/aromatic N) is 2. The number of aliphatic carboxylic acids is 1. The molecule has 1 aliphatic rings. The third kappa shape index (κ3) is 5.09. The van der Waals surface area contributed by atoms with E-state index in [2.05, 4.69) is 11.4 Å². The molecule has 178 valence electrons. The average Bonchev–Trinajstić information content (AvgIpc) is 3.43. The van der Waals surface area contributed by atoms with E-state index in [1.54, 1.807) is 35.2 Å². The lowest BCUT2D eigenvalue weighted by Gasteiger charge is -2.23. The van der Waals surface area contributed by atoms with Crippen LogP contribution >= 0.6 is 0 Å². The fourth-order valence-electron chi connectivity index (χ4n) is 4.09. The van der Waals surface area contributed by atoms with Crippen molar-refractivity contribution < 1.29 is 24.2 Å². The van der Waals surface area contributed by atoms with Crippen LogP contribution in [0.3, 0.4) is 0 Å². The lowest BCUT2D eigenvalue weighted by molar-refractivity contribution is -0.142. The van der Waals surface area contributed by atoms with E-state index in [0.717, 1.165) is 16.8 Å². The second kappa shape index (κ2) is 9.47. The predicted molar refractivity (Wildman–Crippen MR) is 128 cm³/mol. The molecule has 2 N–H and O–H groups in total. The van der Waals surface area contributed by atoms with E-state index in [-0.39, 0.29) is 13.0 Å². The number of benzene rings is 2. The topological polar surface area (TPSA) is 121 Å². The number of hydrogen-bond donors (Lipinski definition) is 2. The van der Waals surface area contributed by atoms with E-state index < -0.39 is 35.2 Å². The van der Waals surface area contributed by atoms with Crippen molar-refractivity contribution in [2.45, 2.75) is 32.2 Å². The van der Waals surface area contributed by atoms with Gasteiger partial charge in [0.15, 0.2) is 0 Å². The summed E-state index contributed by atoms with van der Waals surface area (Å²) in [5, 5.41) is 21.4. The van der Waals surface area contributed by atoms with Crippen LogP contribution in [0.1, 0.15) is 37.3 Å². The molecule has 1 saturated heterocycles. The lowest BCUT2D eigenvalue weighted by Crippen LogP contribution is -2.46. The molecule has 2 atom stereocenters. The first-order valence-electron chi connectivity index (χ1n) is 11.2. The van der Waals surface area contributed by atoms with Crippen LogP contribution < -0.4 is 5.32 Å². The molecule has 0 unspecified atom stereocenters. The van der Waals surface area contributed by atoms with Crippen LogP contribution in [0, 0.1) is 16.7 Å². The smallest absolute Gasteiger partial charge is 0.329 e. The Kier molecular flexibility index (Phi) is 6.43. The van der Waals surface area contributed by atoms with E-state index in [9.17, 15) is 19.5 Å². The van der Waals surface area contributed by atoms with Crippen LogP contribution in [-0.2, 0) is 19.1 Å². The highest BCUT2D eigenvalue weighted by molar-refractivity contribution is 5.89. The van der Waals surface area contributed by atoms with Gasteiger partial charge in [0.05, 0.1) is 24.2 Å². The maximum Gasteiger partial charge on any atom is 0.329 e. The quantitative estimate of drug-likeness (QED) is 0.508. The molecule has 8 nitrogen and oxygen atoms in total. The zero-order valence-corrected chi connectivity index (χ0v) is 19.4. The Morgan fingerprint density at radius 3 is 2.31 bits per heavy atom. The van der Waals surface area contributed by atoms with Gasteiger partial charge >= 0.3 is 11.9 Å². The predicted octanol–water partition coefficient (Wildman–Crippen LogP) is 3.64. The standard InChI is InChI=1S/C27H25N3O5/c1-27(2)16-35-26(34)24(27)29-23(31)13-22(25(32)33)20-11-12-30(15-20)21-9-7-19(8-10-21)18-5-3-17(14-28)4-6-18/h3-12,15,22,24H,13,16H2,1-2H3,(H,29,31)(H,32,33)/t22-,24+/m0/s1. The molecule has 1 fully saturated rings. The van der Waals surface area contributed by atoms with Crippen LogP contribution in [-0.4, -0.2) is 40.2 Å². The third-order valence-corrected chi connectivity index (χ3v) is 6.23. The van der Waals surface area contributed by atoms with E-state index in [1.807, 2.05) is 50.2 Å². The molecular formula is C27H25N3O5. The van der Waals surface area contributed by atoms with Gasteiger partial charge in [0.2, 0.25) is 5.91 Å². The third-order valence-electron chi connectivity index (χ3n) is 6.23. The number of aromatic nitrogens is 1. The number of carbonyl (C=O) groups is 3. The van der Waals surface area contributed by atoms with Gasteiger partial charge in [-0.1, -0.05) is 38.1 Å². The van der Waals surface area contributed by atoms with Crippen LogP contribution in [0.2, 0.25) is 0 Å². The lowest BCUT2D eigenvalue weighted by atomic mass is 9.87. The Labute approximate surface area is 202 Å². The monoisotopic (exact) mass is 471 g/mol. The van der Waals surface area contributed by atoms with Crippen LogP contribution in [0.4, 0.5) is 0 Å². The molecule has 4 rings (SSSR count). The van der Waals surface area contributed by atoms with Crippen molar-refractivity contribution in [3.05, 3.63) is 78.1 Å². The van der Waals surface area contributed by atoms with Crippen LogP contribution in [0.25, 0.3) is 16.8 Å². The van der Waals surface area contributed by atoms with Gasteiger partial charge < -0.3 is 19.7 Å². The second-order valence-corrected chi connectivity index (χ2v) is 9.28. The summed E-state index contributed by atoms with van der Waals surface area (Å²) in [4.78, 5) is 36.5. The van der Waals surface area contributed by atoms with E-state index in [4.69, 9.17) is 10.00 Å². The number of carbonyl (C=O) groups excluding carboxylic acids is 2. The SMILES string of the molecule is CC1(C)COC(=O)[C@H]1NC(=O)C[C@H](C(=O)O)c1ccn(-c2ccc(-c3ccc(C#N)cc3)cc2)c1. The number of hydrogen-bond acceptors (Lipinski definition) is 5. The van der Waals surface area contributed by atoms with Crippen molar-refractivity contribution in [3.8, 4) is 22.9 Å². The fourth-order valence-corrected chi connectivity index (χ4v) is 4.09. The number of amides is 1. The summed E-state index contributed by atoms with van der Waals surface area (Å²) in [7, 11) is 0. The van der Waals surface area contributed by atoms with Crippen molar-refractivity contribution in [2.75, 3.05) is 6.61 Å². The summed E-state index contributed by atoms with van der Waals surface area (Å²) in [6, 6.07) is 18.0. The minimum absolute atomic E-state index is 0.200. The highest BCUT2D eigenvalue weighted by Gasteiger charge is 2.44. The molecule has 2 aromatic carbocycles. The van der Waals surface area contributed by atoms with Gasteiger partial charge in [0, 0.05) is 29.9 Å². The first-order chi connectivity index (χ1) is 16.7. The Hall–Kier alpha value is -4.38. The molecule has 2 heterocycles. The number of nitriles is 1. The highest BCUT2D eigenvalue weighted by Crippen LogP contribution is 2.29. The van der Waals surface area contributed by atoms with Crippen molar-refractivity contribution in [1.29, 1.82) is 5.26 Å².